The van der Waals surface area contributed by atoms with Crippen molar-refractivity contribution >= 4 is 17.5 Å². The standard InChI is InChI=1S/C16H13N5O3/c1-10-7-14(18-9-17-10)19-11-3-2-4-12(8-11)24-16(23)13-5-6-15(22)21-20-13/h2-9H,1H3,(H,21,22)(H,17,18,19). The number of carbonyl (C=O) groups is 1. The predicted molar refractivity (Wildman–Crippen MR) is 86.3 cm³/mol. The summed E-state index contributed by atoms with van der Waals surface area (Å²) in [5.74, 6) is 0.304. The van der Waals surface area contributed by atoms with Crippen molar-refractivity contribution in [3.8, 4) is 5.75 Å². The molecule has 8 nitrogen and oxygen atoms in total. The van der Waals surface area contributed by atoms with E-state index in [0.717, 1.165) is 5.69 Å². The fourth-order valence-electron chi connectivity index (χ4n) is 1.93. The molecule has 8 heteroatoms. The van der Waals surface area contributed by atoms with E-state index in [2.05, 4.69) is 25.5 Å². The summed E-state index contributed by atoms with van der Waals surface area (Å²) in [4.78, 5) is 31.1. The van der Waals surface area contributed by atoms with Gasteiger partial charge < -0.3 is 10.1 Å². The van der Waals surface area contributed by atoms with Gasteiger partial charge in [-0.1, -0.05) is 6.07 Å². The van der Waals surface area contributed by atoms with Crippen LogP contribution in [0.3, 0.4) is 0 Å². The number of ether oxygens (including phenoxy) is 1. The van der Waals surface area contributed by atoms with Gasteiger partial charge in [0.1, 0.15) is 17.9 Å². The smallest absolute Gasteiger partial charge is 0.364 e. The number of nitrogens with one attached hydrogen (secondary N) is 2. The Bertz CT molecular complexity index is 918. The van der Waals surface area contributed by atoms with Crippen LogP contribution in [0.15, 0.2) is 53.6 Å². The zero-order valence-corrected chi connectivity index (χ0v) is 12.7. The minimum Gasteiger partial charge on any atom is -0.422 e. The highest BCUT2D eigenvalue weighted by atomic mass is 16.5. The Morgan fingerprint density at radius 3 is 2.79 bits per heavy atom. The first-order valence-corrected chi connectivity index (χ1v) is 7.04. The molecule has 0 atom stereocenters. The molecule has 3 rings (SSSR count). The number of benzene rings is 1. The number of esters is 1. The van der Waals surface area contributed by atoms with E-state index in [1.54, 1.807) is 24.3 Å². The van der Waals surface area contributed by atoms with E-state index in [1.165, 1.54) is 18.5 Å². The van der Waals surface area contributed by atoms with Crippen molar-refractivity contribution < 1.29 is 9.53 Å². The molecular weight excluding hydrogens is 310 g/mol. The maximum atomic E-state index is 12.0. The minimum absolute atomic E-state index is 0.0133. The van der Waals surface area contributed by atoms with Crippen LogP contribution in [0.1, 0.15) is 16.2 Å². The lowest BCUT2D eigenvalue weighted by Gasteiger charge is -2.08. The molecule has 3 aromatic rings. The second-order valence-electron chi connectivity index (χ2n) is 4.89. The Morgan fingerprint density at radius 1 is 1.17 bits per heavy atom. The number of H-pyrrole nitrogens is 1. The largest absolute Gasteiger partial charge is 0.422 e. The summed E-state index contributed by atoms with van der Waals surface area (Å²) in [5.41, 5.74) is 1.16. The molecule has 0 saturated heterocycles. The zero-order valence-electron chi connectivity index (χ0n) is 12.7. The summed E-state index contributed by atoms with van der Waals surface area (Å²) >= 11 is 0. The normalized spacial score (nSPS) is 10.2. The van der Waals surface area contributed by atoms with E-state index in [9.17, 15) is 9.59 Å². The summed E-state index contributed by atoms with van der Waals surface area (Å²) < 4.78 is 5.25. The average molecular weight is 323 g/mol. The SMILES string of the molecule is Cc1cc(Nc2cccc(OC(=O)c3ccc(=O)[nH]n3)c2)ncn1. The molecule has 0 saturated carbocycles. The van der Waals surface area contributed by atoms with Gasteiger partial charge in [0.05, 0.1) is 0 Å². The Morgan fingerprint density at radius 2 is 2.04 bits per heavy atom. The van der Waals surface area contributed by atoms with E-state index in [4.69, 9.17) is 4.74 Å². The molecule has 2 aromatic heterocycles. The van der Waals surface area contributed by atoms with Crippen LogP contribution < -0.4 is 15.6 Å². The van der Waals surface area contributed by atoms with E-state index in [-0.39, 0.29) is 5.69 Å². The van der Waals surface area contributed by atoms with Gasteiger partial charge in [0.25, 0.3) is 5.56 Å². The number of hydrogen-bond acceptors (Lipinski definition) is 7. The summed E-state index contributed by atoms with van der Waals surface area (Å²) in [5, 5.41) is 8.91. The molecule has 0 aliphatic carbocycles. The fourth-order valence-corrected chi connectivity index (χ4v) is 1.93. The number of rotatable bonds is 4. The first kappa shape index (κ1) is 15.3. The molecule has 2 N–H and O–H groups in total. The second-order valence-corrected chi connectivity index (χ2v) is 4.89. The van der Waals surface area contributed by atoms with Gasteiger partial charge in [-0.15, -0.1) is 0 Å². The molecule has 0 fully saturated rings. The van der Waals surface area contributed by atoms with Crippen molar-refractivity contribution in [3.63, 3.8) is 0 Å². The highest BCUT2D eigenvalue weighted by Crippen LogP contribution is 2.21. The van der Waals surface area contributed by atoms with Crippen LogP contribution in [-0.2, 0) is 0 Å². The molecule has 1 aromatic carbocycles. The Labute approximate surface area is 136 Å². The van der Waals surface area contributed by atoms with Crippen LogP contribution >= 0.6 is 0 Å². The highest BCUT2D eigenvalue weighted by molar-refractivity contribution is 5.88. The molecule has 0 spiro atoms. The lowest BCUT2D eigenvalue weighted by molar-refractivity contribution is 0.0727. The number of nitrogens with zero attached hydrogens (tertiary/aromatic N) is 3. The van der Waals surface area contributed by atoms with Gasteiger partial charge in [-0.3, -0.25) is 4.79 Å². The molecule has 0 bridgehead atoms. The molecular formula is C16H13N5O3. The van der Waals surface area contributed by atoms with E-state index < -0.39 is 11.5 Å². The predicted octanol–water partition coefficient (Wildman–Crippen LogP) is 1.83. The summed E-state index contributed by atoms with van der Waals surface area (Å²) in [6, 6.07) is 11.1. The minimum atomic E-state index is -0.665. The Hall–Kier alpha value is -3.55. The van der Waals surface area contributed by atoms with E-state index >= 15 is 0 Å². The summed E-state index contributed by atoms with van der Waals surface area (Å²) in [7, 11) is 0. The quantitative estimate of drug-likeness (QED) is 0.556. The van der Waals surface area contributed by atoms with Crippen molar-refractivity contribution in [2.24, 2.45) is 0 Å². The second kappa shape index (κ2) is 6.69. The maximum Gasteiger partial charge on any atom is 0.364 e. The number of carbonyl (C=O) groups excluding carboxylic acids is 1. The van der Waals surface area contributed by atoms with Crippen molar-refractivity contribution in [2.45, 2.75) is 6.92 Å². The van der Waals surface area contributed by atoms with Crippen LogP contribution in [-0.4, -0.2) is 26.1 Å². The molecule has 0 radical (unpaired) electrons. The number of aromatic amines is 1. The van der Waals surface area contributed by atoms with E-state index in [0.29, 0.717) is 17.3 Å². The maximum absolute atomic E-state index is 12.0. The number of hydrogen-bond donors (Lipinski definition) is 2. The van der Waals surface area contributed by atoms with Gasteiger partial charge in [0.2, 0.25) is 0 Å². The topological polar surface area (TPSA) is 110 Å². The van der Waals surface area contributed by atoms with E-state index in [1.807, 2.05) is 13.0 Å². The highest BCUT2D eigenvalue weighted by Gasteiger charge is 2.11. The Balaban J connectivity index is 1.74. The molecule has 0 amide bonds. The van der Waals surface area contributed by atoms with Crippen LogP contribution in [0.4, 0.5) is 11.5 Å². The van der Waals surface area contributed by atoms with Gasteiger partial charge in [-0.2, -0.15) is 5.10 Å². The summed E-state index contributed by atoms with van der Waals surface area (Å²) in [6.07, 6.45) is 1.46. The molecule has 24 heavy (non-hydrogen) atoms. The van der Waals surface area contributed by atoms with Crippen LogP contribution in [0.5, 0.6) is 5.75 Å². The third kappa shape index (κ3) is 3.80. The third-order valence-electron chi connectivity index (χ3n) is 3.01. The lowest BCUT2D eigenvalue weighted by atomic mass is 10.3. The van der Waals surface area contributed by atoms with Gasteiger partial charge in [0.15, 0.2) is 5.69 Å². The monoisotopic (exact) mass is 323 g/mol. The third-order valence-corrected chi connectivity index (χ3v) is 3.01. The van der Waals surface area contributed by atoms with Crippen molar-refractivity contribution in [1.29, 1.82) is 0 Å². The first-order valence-electron chi connectivity index (χ1n) is 7.04. The zero-order chi connectivity index (χ0) is 16.9. The number of aromatic nitrogens is 4. The average Bonchev–Trinajstić information content (AvgIpc) is 2.56. The Kier molecular flexibility index (Phi) is 4.28. The number of aryl methyl sites for hydroxylation is 1. The van der Waals surface area contributed by atoms with Gasteiger partial charge in [-0.25, -0.2) is 19.9 Å². The molecule has 120 valence electrons. The van der Waals surface area contributed by atoms with Crippen LogP contribution in [0, 0.1) is 6.92 Å². The summed E-state index contributed by atoms with van der Waals surface area (Å²) in [6.45, 7) is 1.86. The lowest BCUT2D eigenvalue weighted by Crippen LogP contribution is -2.15. The van der Waals surface area contributed by atoms with Gasteiger partial charge in [-0.05, 0) is 25.1 Å². The molecule has 2 heterocycles. The van der Waals surface area contributed by atoms with Gasteiger partial charge in [0, 0.05) is 29.6 Å². The van der Waals surface area contributed by atoms with Gasteiger partial charge >= 0.3 is 5.97 Å². The molecule has 0 aliphatic heterocycles. The van der Waals surface area contributed by atoms with Crippen LogP contribution in [0.25, 0.3) is 0 Å². The number of anilines is 2. The van der Waals surface area contributed by atoms with Crippen molar-refractivity contribution in [2.75, 3.05) is 5.32 Å². The molecule has 0 aliphatic rings. The van der Waals surface area contributed by atoms with Crippen molar-refractivity contribution in [3.05, 3.63) is 70.5 Å². The van der Waals surface area contributed by atoms with Crippen LogP contribution in [0.2, 0.25) is 0 Å². The fraction of sp³-hybridized carbons (Fsp3) is 0.0625. The van der Waals surface area contributed by atoms with Crippen molar-refractivity contribution in [1.82, 2.24) is 20.2 Å². The molecule has 0 unspecified atom stereocenters. The first-order chi connectivity index (χ1) is 11.6.